The van der Waals surface area contributed by atoms with Crippen molar-refractivity contribution in [1.82, 2.24) is 9.78 Å². The molecule has 0 unspecified atom stereocenters. The van der Waals surface area contributed by atoms with Gasteiger partial charge in [0.15, 0.2) is 5.82 Å². The normalized spacial score (nSPS) is 16.8. The van der Waals surface area contributed by atoms with Gasteiger partial charge in [0.2, 0.25) is 0 Å². The van der Waals surface area contributed by atoms with Crippen LogP contribution in [0.3, 0.4) is 0 Å². The van der Waals surface area contributed by atoms with Crippen molar-refractivity contribution < 1.29 is 9.90 Å². The predicted molar refractivity (Wildman–Crippen MR) is 89.2 cm³/mol. The van der Waals surface area contributed by atoms with Crippen LogP contribution < -0.4 is 5.32 Å². The number of rotatable bonds is 6. The number of nitrogens with zero attached hydrogens (tertiary/aromatic N) is 2. The number of aromatic nitrogens is 2. The van der Waals surface area contributed by atoms with Crippen LogP contribution in [0.5, 0.6) is 0 Å². The molecule has 1 aliphatic carbocycles. The minimum Gasteiger partial charge on any atom is -0.383 e. The zero-order chi connectivity index (χ0) is 16.4. The third kappa shape index (κ3) is 3.79. The van der Waals surface area contributed by atoms with Crippen molar-refractivity contribution in [3.05, 3.63) is 47.7 Å². The monoisotopic (exact) mass is 313 g/mol. The summed E-state index contributed by atoms with van der Waals surface area (Å²) < 4.78 is 1.97. The first-order valence-corrected chi connectivity index (χ1v) is 8.13. The van der Waals surface area contributed by atoms with E-state index in [1.165, 1.54) is 12.8 Å². The molecule has 5 nitrogen and oxygen atoms in total. The highest BCUT2D eigenvalue weighted by Crippen LogP contribution is 2.39. The molecule has 0 bridgehead atoms. The van der Waals surface area contributed by atoms with E-state index in [1.807, 2.05) is 48.0 Å². The Morgan fingerprint density at radius 3 is 2.74 bits per heavy atom. The largest absolute Gasteiger partial charge is 0.383 e. The molecule has 0 spiro atoms. The van der Waals surface area contributed by atoms with E-state index in [4.69, 9.17) is 0 Å². The summed E-state index contributed by atoms with van der Waals surface area (Å²) in [7, 11) is 0. The van der Waals surface area contributed by atoms with Gasteiger partial charge in [-0.25, -0.2) is 0 Å². The second kappa shape index (κ2) is 6.54. The van der Waals surface area contributed by atoms with Crippen LogP contribution >= 0.6 is 0 Å². The number of amides is 1. The van der Waals surface area contributed by atoms with E-state index in [9.17, 15) is 9.90 Å². The second-order valence-electron chi connectivity index (χ2n) is 6.39. The average Bonchev–Trinajstić information content (AvgIpc) is 3.32. The zero-order valence-corrected chi connectivity index (χ0v) is 13.6. The van der Waals surface area contributed by atoms with Gasteiger partial charge < -0.3 is 10.4 Å². The molecule has 0 saturated heterocycles. The molecule has 2 N–H and O–H groups in total. The molecule has 1 aromatic heterocycles. The summed E-state index contributed by atoms with van der Waals surface area (Å²) >= 11 is 0. The first-order chi connectivity index (χ1) is 11.0. The molecular formula is C18H23N3O2. The Morgan fingerprint density at radius 1 is 1.39 bits per heavy atom. The number of nitrogens with one attached hydrogen (secondary N) is 1. The number of carbonyl (C=O) groups excluding carboxylic acids is 1. The number of hydrogen-bond acceptors (Lipinski definition) is 3. The number of hydrogen-bond donors (Lipinski definition) is 2. The molecule has 2 atom stereocenters. The molecule has 5 heteroatoms. The summed E-state index contributed by atoms with van der Waals surface area (Å²) in [5, 5.41) is 17.3. The first-order valence-electron chi connectivity index (χ1n) is 8.13. The van der Waals surface area contributed by atoms with Crippen LogP contribution in [0.2, 0.25) is 0 Å². The number of aliphatic hydroxyl groups excluding tert-OH is 1. The summed E-state index contributed by atoms with van der Waals surface area (Å²) in [6, 6.07) is 11.7. The molecule has 3 rings (SSSR count). The van der Waals surface area contributed by atoms with Gasteiger partial charge in [-0.1, -0.05) is 30.3 Å². The molecule has 1 heterocycles. The fourth-order valence-electron chi connectivity index (χ4n) is 2.88. The molecule has 2 aromatic rings. The number of anilines is 1. The fraction of sp³-hybridized carbons (Fsp3) is 0.444. The van der Waals surface area contributed by atoms with Gasteiger partial charge in [0, 0.05) is 18.2 Å². The number of aryl methyl sites for hydroxylation is 1. The number of aliphatic hydroxyl groups is 1. The van der Waals surface area contributed by atoms with Crippen molar-refractivity contribution in [2.75, 3.05) is 5.32 Å². The molecule has 0 radical (unpaired) electrons. The van der Waals surface area contributed by atoms with E-state index < -0.39 is 12.0 Å². The lowest BCUT2D eigenvalue weighted by atomic mass is 10.1. The van der Waals surface area contributed by atoms with Gasteiger partial charge in [-0.2, -0.15) is 5.10 Å². The molecule has 0 aliphatic heterocycles. The van der Waals surface area contributed by atoms with Gasteiger partial charge in [0.1, 0.15) is 6.10 Å². The average molecular weight is 313 g/mol. The van der Waals surface area contributed by atoms with Gasteiger partial charge in [-0.15, -0.1) is 0 Å². The Kier molecular flexibility index (Phi) is 4.48. The van der Waals surface area contributed by atoms with Crippen molar-refractivity contribution >= 4 is 11.7 Å². The fourth-order valence-corrected chi connectivity index (χ4v) is 2.88. The van der Waals surface area contributed by atoms with Crippen LogP contribution in [-0.4, -0.2) is 26.9 Å². The summed E-state index contributed by atoms with van der Waals surface area (Å²) in [6.07, 6.45) is 1.71. The van der Waals surface area contributed by atoms with Crippen LogP contribution in [0.15, 0.2) is 36.4 Å². The Morgan fingerprint density at radius 2 is 2.09 bits per heavy atom. The Labute approximate surface area is 136 Å². The van der Waals surface area contributed by atoms with Gasteiger partial charge in [-0.05, 0) is 38.2 Å². The van der Waals surface area contributed by atoms with E-state index in [1.54, 1.807) is 0 Å². The van der Waals surface area contributed by atoms with Gasteiger partial charge in [0.05, 0.1) is 6.04 Å². The highest BCUT2D eigenvalue weighted by molar-refractivity contribution is 5.93. The van der Waals surface area contributed by atoms with Gasteiger partial charge in [0.25, 0.3) is 5.91 Å². The Bertz CT molecular complexity index is 677. The third-order valence-corrected chi connectivity index (χ3v) is 4.44. The van der Waals surface area contributed by atoms with Crippen LogP contribution in [0, 0.1) is 12.8 Å². The smallest absolute Gasteiger partial charge is 0.254 e. The van der Waals surface area contributed by atoms with Crippen LogP contribution in [0.4, 0.5) is 5.82 Å². The quantitative estimate of drug-likeness (QED) is 0.861. The zero-order valence-electron chi connectivity index (χ0n) is 13.6. The number of carbonyl (C=O) groups is 1. The molecule has 1 saturated carbocycles. The highest BCUT2D eigenvalue weighted by atomic mass is 16.3. The lowest BCUT2D eigenvalue weighted by molar-refractivity contribution is -0.123. The van der Waals surface area contributed by atoms with E-state index >= 15 is 0 Å². The summed E-state index contributed by atoms with van der Waals surface area (Å²) in [4.78, 5) is 12.1. The molecule has 1 fully saturated rings. The minimum atomic E-state index is -1.08. The highest BCUT2D eigenvalue weighted by Gasteiger charge is 2.30. The molecule has 1 aliphatic rings. The van der Waals surface area contributed by atoms with Crippen molar-refractivity contribution in [1.29, 1.82) is 0 Å². The van der Waals surface area contributed by atoms with Crippen LogP contribution in [-0.2, 0) is 11.2 Å². The molecule has 23 heavy (non-hydrogen) atoms. The SMILES string of the molecule is Cc1cc(NC(=O)[C@@H](O)Cc2ccccc2)nn1[C@H](C)C1CC1. The first kappa shape index (κ1) is 15.7. The van der Waals surface area contributed by atoms with Gasteiger partial charge >= 0.3 is 0 Å². The second-order valence-corrected chi connectivity index (χ2v) is 6.39. The van der Waals surface area contributed by atoms with Crippen molar-refractivity contribution in [3.63, 3.8) is 0 Å². The van der Waals surface area contributed by atoms with E-state index in [2.05, 4.69) is 17.3 Å². The summed E-state index contributed by atoms with van der Waals surface area (Å²) in [5.74, 6) is 0.783. The van der Waals surface area contributed by atoms with Crippen LogP contribution in [0.1, 0.15) is 37.1 Å². The molecular weight excluding hydrogens is 290 g/mol. The maximum absolute atomic E-state index is 12.1. The molecule has 1 aromatic carbocycles. The number of benzene rings is 1. The van der Waals surface area contributed by atoms with Gasteiger partial charge in [-0.3, -0.25) is 9.48 Å². The minimum absolute atomic E-state index is 0.296. The standard InChI is InChI=1S/C18H23N3O2/c1-12-10-17(20-21(12)13(2)15-8-9-15)19-18(23)16(22)11-14-6-4-3-5-7-14/h3-7,10,13,15-16,22H,8-9,11H2,1-2H3,(H,19,20,23)/t13-,16+/m1/s1. The van der Waals surface area contributed by atoms with Crippen molar-refractivity contribution in [2.24, 2.45) is 5.92 Å². The van der Waals surface area contributed by atoms with Crippen molar-refractivity contribution in [2.45, 2.75) is 45.3 Å². The molecule has 122 valence electrons. The van der Waals surface area contributed by atoms with Crippen molar-refractivity contribution in [3.8, 4) is 0 Å². The Hall–Kier alpha value is -2.14. The topological polar surface area (TPSA) is 67.2 Å². The van der Waals surface area contributed by atoms with E-state index in [-0.39, 0.29) is 0 Å². The van der Waals surface area contributed by atoms with E-state index in [0.717, 1.165) is 11.3 Å². The molecule has 1 amide bonds. The maximum Gasteiger partial charge on any atom is 0.254 e. The van der Waals surface area contributed by atoms with E-state index in [0.29, 0.717) is 24.2 Å². The predicted octanol–water partition coefficient (Wildman–Crippen LogP) is 2.70. The lowest BCUT2D eigenvalue weighted by Gasteiger charge is -2.13. The summed E-state index contributed by atoms with van der Waals surface area (Å²) in [5.41, 5.74) is 1.96. The summed E-state index contributed by atoms with van der Waals surface area (Å²) in [6.45, 7) is 4.15. The third-order valence-electron chi connectivity index (χ3n) is 4.44. The maximum atomic E-state index is 12.1. The Balaban J connectivity index is 1.62. The lowest BCUT2D eigenvalue weighted by Crippen LogP contribution is -2.29. The van der Waals surface area contributed by atoms with Crippen LogP contribution in [0.25, 0.3) is 0 Å².